The van der Waals surface area contributed by atoms with Crippen LogP contribution in [0.1, 0.15) is 27.3 Å². The van der Waals surface area contributed by atoms with Crippen LogP contribution in [0.25, 0.3) is 17.1 Å². The maximum atomic E-state index is 12.9. The van der Waals surface area contributed by atoms with E-state index in [1.165, 1.54) is 5.56 Å². The van der Waals surface area contributed by atoms with Crippen LogP contribution in [0.4, 0.5) is 5.69 Å². The molecular formula is C24H21ClN4O. The first-order chi connectivity index (χ1) is 14.4. The highest BCUT2D eigenvalue weighted by molar-refractivity contribution is 6.33. The predicted octanol–water partition coefficient (Wildman–Crippen LogP) is 5.77. The summed E-state index contributed by atoms with van der Waals surface area (Å²) in [5.41, 5.74) is 5.71. The van der Waals surface area contributed by atoms with E-state index in [9.17, 15) is 4.79 Å². The normalized spacial score (nSPS) is 10.8. The van der Waals surface area contributed by atoms with Crippen LogP contribution in [0.3, 0.4) is 0 Å². The smallest absolute Gasteiger partial charge is 0.295 e. The Bertz CT molecular complexity index is 1230. The summed E-state index contributed by atoms with van der Waals surface area (Å²) >= 11 is 6.17. The lowest BCUT2D eigenvalue weighted by molar-refractivity contribution is 0.101. The highest BCUT2D eigenvalue weighted by Crippen LogP contribution is 2.25. The maximum Gasteiger partial charge on any atom is 0.295 e. The van der Waals surface area contributed by atoms with E-state index in [1.807, 2.05) is 56.3 Å². The van der Waals surface area contributed by atoms with Gasteiger partial charge >= 0.3 is 0 Å². The topological polar surface area (TPSA) is 59.8 Å². The van der Waals surface area contributed by atoms with Gasteiger partial charge in [0.25, 0.3) is 5.91 Å². The summed E-state index contributed by atoms with van der Waals surface area (Å²) in [5, 5.41) is 7.77. The van der Waals surface area contributed by atoms with Crippen LogP contribution < -0.4 is 5.32 Å². The van der Waals surface area contributed by atoms with Crippen LogP contribution in [0.2, 0.25) is 5.02 Å². The molecule has 0 radical (unpaired) electrons. The molecule has 1 amide bonds. The Balaban J connectivity index is 1.79. The number of hydrogen-bond acceptors (Lipinski definition) is 3. The van der Waals surface area contributed by atoms with E-state index in [4.69, 9.17) is 11.6 Å². The number of aromatic nitrogens is 3. The molecule has 0 aliphatic heterocycles. The van der Waals surface area contributed by atoms with Gasteiger partial charge in [-0.05, 0) is 56.2 Å². The van der Waals surface area contributed by atoms with Crippen molar-refractivity contribution in [1.29, 1.82) is 0 Å². The SMILES string of the molecule is Cc1ccc(-c2nc(C(=O)Nc3ccccc3Cl)nn2-c2ccc(C)c(C)c2)cc1. The minimum Gasteiger partial charge on any atom is -0.318 e. The quantitative estimate of drug-likeness (QED) is 0.459. The summed E-state index contributed by atoms with van der Waals surface area (Å²) in [7, 11) is 0. The average molecular weight is 417 g/mol. The molecule has 4 rings (SSSR count). The standard InChI is InChI=1S/C24H21ClN4O/c1-15-8-11-18(12-9-15)23-27-22(24(30)26-21-7-5-4-6-20(21)25)28-29(23)19-13-10-16(2)17(3)14-19/h4-14H,1-3H3,(H,26,30). The van der Waals surface area contributed by atoms with Crippen molar-refractivity contribution in [3.63, 3.8) is 0 Å². The maximum absolute atomic E-state index is 12.9. The number of benzene rings is 3. The second kappa shape index (κ2) is 8.13. The van der Waals surface area contributed by atoms with E-state index in [0.29, 0.717) is 16.5 Å². The largest absolute Gasteiger partial charge is 0.318 e. The van der Waals surface area contributed by atoms with E-state index < -0.39 is 5.91 Å². The number of hydrogen-bond donors (Lipinski definition) is 1. The van der Waals surface area contributed by atoms with Crippen LogP contribution >= 0.6 is 11.6 Å². The number of carbonyl (C=O) groups is 1. The fourth-order valence-corrected chi connectivity index (χ4v) is 3.26. The van der Waals surface area contributed by atoms with Gasteiger partial charge in [-0.1, -0.05) is 59.6 Å². The third-order valence-electron chi connectivity index (χ3n) is 4.98. The summed E-state index contributed by atoms with van der Waals surface area (Å²) in [6.07, 6.45) is 0. The number of carbonyl (C=O) groups excluding carboxylic acids is 1. The van der Waals surface area contributed by atoms with Crippen molar-refractivity contribution >= 4 is 23.2 Å². The molecule has 0 unspecified atom stereocenters. The van der Waals surface area contributed by atoms with E-state index in [1.54, 1.807) is 28.9 Å². The molecule has 0 bridgehead atoms. The molecule has 0 atom stereocenters. The molecule has 0 aliphatic rings. The summed E-state index contributed by atoms with van der Waals surface area (Å²) in [6, 6.07) is 21.1. The lowest BCUT2D eigenvalue weighted by Crippen LogP contribution is -2.14. The zero-order valence-electron chi connectivity index (χ0n) is 17.0. The zero-order chi connectivity index (χ0) is 21.3. The molecule has 1 heterocycles. The van der Waals surface area contributed by atoms with Gasteiger partial charge in [-0.15, -0.1) is 5.10 Å². The average Bonchev–Trinajstić information content (AvgIpc) is 3.18. The molecule has 1 aromatic heterocycles. The van der Waals surface area contributed by atoms with Crippen molar-refractivity contribution in [2.75, 3.05) is 5.32 Å². The van der Waals surface area contributed by atoms with Crippen LogP contribution in [0, 0.1) is 20.8 Å². The molecule has 30 heavy (non-hydrogen) atoms. The van der Waals surface area contributed by atoms with Gasteiger partial charge in [-0.2, -0.15) is 0 Å². The number of nitrogens with one attached hydrogen (secondary N) is 1. The number of aryl methyl sites for hydroxylation is 3. The number of amides is 1. The predicted molar refractivity (Wildman–Crippen MR) is 120 cm³/mol. The molecule has 0 aliphatic carbocycles. The second-order valence-electron chi connectivity index (χ2n) is 7.24. The molecule has 1 N–H and O–H groups in total. The lowest BCUT2D eigenvalue weighted by atomic mass is 10.1. The number of rotatable bonds is 4. The van der Waals surface area contributed by atoms with Crippen LogP contribution in [0.15, 0.2) is 66.7 Å². The first-order valence-electron chi connectivity index (χ1n) is 9.60. The molecule has 0 saturated carbocycles. The van der Waals surface area contributed by atoms with Crippen molar-refractivity contribution in [3.8, 4) is 17.1 Å². The van der Waals surface area contributed by atoms with Crippen molar-refractivity contribution in [1.82, 2.24) is 14.8 Å². The summed E-state index contributed by atoms with van der Waals surface area (Å²) in [4.78, 5) is 17.4. The number of anilines is 1. The van der Waals surface area contributed by atoms with Gasteiger partial charge in [0.2, 0.25) is 5.82 Å². The molecule has 3 aromatic carbocycles. The van der Waals surface area contributed by atoms with Crippen LogP contribution in [0.5, 0.6) is 0 Å². The second-order valence-corrected chi connectivity index (χ2v) is 7.65. The fraction of sp³-hybridized carbons (Fsp3) is 0.125. The zero-order valence-corrected chi connectivity index (χ0v) is 17.7. The number of halogens is 1. The van der Waals surface area contributed by atoms with E-state index >= 15 is 0 Å². The van der Waals surface area contributed by atoms with Crippen molar-refractivity contribution in [2.45, 2.75) is 20.8 Å². The molecule has 0 saturated heterocycles. The lowest BCUT2D eigenvalue weighted by Gasteiger charge is -2.08. The van der Waals surface area contributed by atoms with Gasteiger partial charge in [0.1, 0.15) is 0 Å². The fourth-order valence-electron chi connectivity index (χ4n) is 3.08. The molecule has 0 spiro atoms. The third kappa shape index (κ3) is 3.98. The summed E-state index contributed by atoms with van der Waals surface area (Å²) in [6.45, 7) is 6.14. The molecular weight excluding hydrogens is 396 g/mol. The highest BCUT2D eigenvalue weighted by atomic mass is 35.5. The monoisotopic (exact) mass is 416 g/mol. The minimum atomic E-state index is -0.418. The Morgan fingerprint density at radius 3 is 2.37 bits per heavy atom. The summed E-state index contributed by atoms with van der Waals surface area (Å²) < 4.78 is 1.71. The molecule has 4 aromatic rings. The first kappa shape index (κ1) is 19.9. The first-order valence-corrected chi connectivity index (χ1v) is 9.98. The van der Waals surface area contributed by atoms with E-state index in [2.05, 4.69) is 22.3 Å². The Labute approximate surface area is 180 Å². The molecule has 150 valence electrons. The molecule has 0 fully saturated rings. The highest BCUT2D eigenvalue weighted by Gasteiger charge is 2.20. The number of nitrogens with zero attached hydrogens (tertiary/aromatic N) is 3. The van der Waals surface area contributed by atoms with Crippen LogP contribution in [-0.4, -0.2) is 20.7 Å². The van der Waals surface area contributed by atoms with Gasteiger partial charge in [0, 0.05) is 5.56 Å². The molecule has 5 nitrogen and oxygen atoms in total. The van der Waals surface area contributed by atoms with E-state index in [-0.39, 0.29) is 5.82 Å². The van der Waals surface area contributed by atoms with Gasteiger partial charge in [0.05, 0.1) is 16.4 Å². The Hall–Kier alpha value is -3.44. The summed E-state index contributed by atoms with van der Waals surface area (Å²) in [5.74, 6) is 0.255. The van der Waals surface area contributed by atoms with Crippen LogP contribution in [-0.2, 0) is 0 Å². The van der Waals surface area contributed by atoms with Gasteiger partial charge in [-0.3, -0.25) is 4.79 Å². The minimum absolute atomic E-state index is 0.0729. The van der Waals surface area contributed by atoms with Gasteiger partial charge in [-0.25, -0.2) is 9.67 Å². The van der Waals surface area contributed by atoms with E-state index in [0.717, 1.165) is 22.4 Å². The van der Waals surface area contributed by atoms with Crippen molar-refractivity contribution in [2.24, 2.45) is 0 Å². The third-order valence-corrected chi connectivity index (χ3v) is 5.31. The van der Waals surface area contributed by atoms with Crippen molar-refractivity contribution in [3.05, 3.63) is 94.3 Å². The molecule has 6 heteroatoms. The Morgan fingerprint density at radius 2 is 1.67 bits per heavy atom. The Kier molecular flexibility index (Phi) is 5.38. The van der Waals surface area contributed by atoms with Gasteiger partial charge < -0.3 is 5.32 Å². The Morgan fingerprint density at radius 1 is 0.933 bits per heavy atom. The number of para-hydroxylation sites is 1. The van der Waals surface area contributed by atoms with Gasteiger partial charge in [0.15, 0.2) is 5.82 Å². The van der Waals surface area contributed by atoms with Crippen molar-refractivity contribution < 1.29 is 4.79 Å².